The van der Waals surface area contributed by atoms with Crippen molar-refractivity contribution in [3.63, 3.8) is 0 Å². The molecule has 26 heavy (non-hydrogen) atoms. The van der Waals surface area contributed by atoms with Crippen molar-refractivity contribution >= 4 is 28.4 Å². The summed E-state index contributed by atoms with van der Waals surface area (Å²) in [5.74, 6) is 0.601. The Bertz CT molecular complexity index is 1040. The van der Waals surface area contributed by atoms with Crippen molar-refractivity contribution in [3.05, 3.63) is 52.9 Å². The van der Waals surface area contributed by atoms with Gasteiger partial charge < -0.3 is 14.9 Å². The Kier molecular flexibility index (Phi) is 4.49. The van der Waals surface area contributed by atoms with E-state index in [1.54, 1.807) is 29.9 Å². The summed E-state index contributed by atoms with van der Waals surface area (Å²) < 4.78 is 2.02. The van der Waals surface area contributed by atoms with Crippen LogP contribution in [0.4, 0.5) is 0 Å². The molecule has 1 amide bonds. The van der Waals surface area contributed by atoms with E-state index in [2.05, 4.69) is 25.3 Å². The van der Waals surface area contributed by atoms with Crippen LogP contribution in [-0.2, 0) is 6.54 Å². The molecule has 0 radical (unpaired) electrons. The van der Waals surface area contributed by atoms with E-state index in [1.165, 1.54) is 0 Å². The molecule has 0 unspecified atom stereocenters. The molecule has 4 heterocycles. The second-order valence-corrected chi connectivity index (χ2v) is 6.80. The highest BCUT2D eigenvalue weighted by Crippen LogP contribution is 2.23. The van der Waals surface area contributed by atoms with Crippen LogP contribution < -0.4 is 5.32 Å². The molecule has 4 aromatic rings. The molecule has 0 aliphatic heterocycles. The molecule has 0 aromatic carbocycles. The second kappa shape index (κ2) is 7.09. The monoisotopic (exact) mass is 370 g/mol. The van der Waals surface area contributed by atoms with E-state index < -0.39 is 0 Å². The van der Waals surface area contributed by atoms with Crippen molar-refractivity contribution in [2.45, 2.75) is 19.9 Å². The molecule has 136 valence electrons. The van der Waals surface area contributed by atoms with Gasteiger partial charge in [-0.1, -0.05) is 0 Å². The number of rotatable bonds is 6. The summed E-state index contributed by atoms with van der Waals surface area (Å²) in [6.07, 6.45) is 6.24. The quantitative estimate of drug-likeness (QED) is 0.508. The van der Waals surface area contributed by atoms with Gasteiger partial charge in [-0.3, -0.25) is 4.79 Å². The van der Waals surface area contributed by atoms with Gasteiger partial charge in [0, 0.05) is 39.3 Å². The number of aromatic amines is 1. The van der Waals surface area contributed by atoms with Gasteiger partial charge in [-0.05, 0) is 30.9 Å². The van der Waals surface area contributed by atoms with Crippen LogP contribution >= 0.6 is 11.3 Å². The van der Waals surface area contributed by atoms with Crippen molar-refractivity contribution in [3.8, 4) is 11.4 Å². The molecule has 0 aliphatic carbocycles. The second-order valence-electron chi connectivity index (χ2n) is 6.02. The molecule has 4 rings (SSSR count). The van der Waals surface area contributed by atoms with Crippen LogP contribution in [-0.4, -0.2) is 37.0 Å². The number of aromatic nitrogens is 5. The van der Waals surface area contributed by atoms with Crippen molar-refractivity contribution in [2.75, 3.05) is 6.54 Å². The van der Waals surface area contributed by atoms with Crippen LogP contribution in [0.1, 0.15) is 25.3 Å². The highest BCUT2D eigenvalue weighted by Gasteiger charge is 2.15. The third-order valence-electron chi connectivity index (χ3n) is 4.07. The lowest BCUT2D eigenvalue weighted by atomic mass is 10.2. The van der Waals surface area contributed by atoms with Gasteiger partial charge in [-0.2, -0.15) is 11.3 Å². The summed E-state index contributed by atoms with van der Waals surface area (Å²) in [4.78, 5) is 28.7. The van der Waals surface area contributed by atoms with Crippen molar-refractivity contribution in [1.82, 2.24) is 29.8 Å². The number of imidazole rings is 2. The number of hydrogen-bond acceptors (Lipinski definition) is 5. The number of carbonyl (C=O) groups is 1. The van der Waals surface area contributed by atoms with Gasteiger partial charge in [0.15, 0.2) is 5.65 Å². The maximum Gasteiger partial charge on any atom is 0.253 e. The molecule has 4 aromatic heterocycles. The average Bonchev–Trinajstić information content (AvgIpc) is 3.37. The summed E-state index contributed by atoms with van der Waals surface area (Å²) in [5.41, 5.74) is 3.76. The summed E-state index contributed by atoms with van der Waals surface area (Å²) in [7, 11) is 0. The number of hydrogen-bond donors (Lipinski definition) is 2. The van der Waals surface area contributed by atoms with Crippen LogP contribution in [0.3, 0.4) is 0 Å². The summed E-state index contributed by atoms with van der Waals surface area (Å²) in [6, 6.07) is 3.70. The maximum atomic E-state index is 12.6. The molecule has 2 N–H and O–H groups in total. The van der Waals surface area contributed by atoms with Gasteiger partial charge in [-0.15, -0.1) is 0 Å². The SMILES string of the molecule is Cc1cn(CCCNC(=O)c2ccnc3nc(-c4ccsc4)[nH]c23)cn1.[HH].[HH]. The minimum absolute atomic E-state index is 0. The van der Waals surface area contributed by atoms with Gasteiger partial charge >= 0.3 is 0 Å². The van der Waals surface area contributed by atoms with Crippen LogP contribution in [0.15, 0.2) is 41.6 Å². The fraction of sp³-hybridized carbons (Fsp3) is 0.222. The Balaban J connectivity index is 0.00000140. The van der Waals surface area contributed by atoms with E-state index in [9.17, 15) is 4.79 Å². The number of pyridine rings is 1. The summed E-state index contributed by atoms with van der Waals surface area (Å²) in [5, 5.41) is 6.97. The number of aryl methyl sites for hydroxylation is 2. The summed E-state index contributed by atoms with van der Waals surface area (Å²) in [6.45, 7) is 3.37. The first-order valence-corrected chi connectivity index (χ1v) is 9.29. The maximum absolute atomic E-state index is 12.6. The average molecular weight is 370 g/mol. The smallest absolute Gasteiger partial charge is 0.253 e. The fourth-order valence-electron chi connectivity index (χ4n) is 2.79. The van der Waals surface area contributed by atoms with E-state index in [0.717, 1.165) is 30.0 Å². The molecule has 0 aliphatic rings. The molecule has 7 nitrogen and oxygen atoms in total. The van der Waals surface area contributed by atoms with Crippen LogP contribution in [0.25, 0.3) is 22.6 Å². The van der Waals surface area contributed by atoms with E-state index in [-0.39, 0.29) is 8.76 Å². The third kappa shape index (κ3) is 3.36. The topological polar surface area (TPSA) is 88.5 Å². The minimum atomic E-state index is -0.125. The van der Waals surface area contributed by atoms with Gasteiger partial charge in [0.2, 0.25) is 0 Å². The number of H-pyrrole nitrogens is 1. The zero-order valence-corrected chi connectivity index (χ0v) is 15.1. The van der Waals surface area contributed by atoms with Crippen molar-refractivity contribution < 1.29 is 7.65 Å². The van der Waals surface area contributed by atoms with Gasteiger partial charge in [0.1, 0.15) is 5.82 Å². The predicted molar refractivity (Wildman–Crippen MR) is 105 cm³/mol. The molecule has 0 fully saturated rings. The fourth-order valence-corrected chi connectivity index (χ4v) is 3.43. The van der Waals surface area contributed by atoms with Gasteiger partial charge in [0.25, 0.3) is 5.91 Å². The molecule has 8 heteroatoms. The zero-order chi connectivity index (χ0) is 17.9. The van der Waals surface area contributed by atoms with Crippen molar-refractivity contribution in [2.24, 2.45) is 0 Å². The Morgan fingerprint density at radius 3 is 3.08 bits per heavy atom. The third-order valence-corrected chi connectivity index (χ3v) is 4.76. The van der Waals surface area contributed by atoms with Crippen LogP contribution in [0.2, 0.25) is 0 Å². The number of nitrogens with zero attached hydrogens (tertiary/aromatic N) is 4. The highest BCUT2D eigenvalue weighted by molar-refractivity contribution is 7.08. The standard InChI is InChI=1S/C18H18N6OS.2H2/c1-12-9-24(11-21-12)7-2-5-20-18(25)14-3-6-19-17-15(14)22-16(23-17)13-4-8-26-10-13;;/h3-4,6,8-11H,2,5,7H2,1H3,(H,20,25)(H,19,22,23);2*1H. The lowest BCUT2D eigenvalue weighted by Crippen LogP contribution is -2.25. The zero-order valence-electron chi connectivity index (χ0n) is 14.3. The van der Waals surface area contributed by atoms with E-state index in [1.807, 2.05) is 34.5 Å². The molecule has 0 spiro atoms. The van der Waals surface area contributed by atoms with E-state index in [0.29, 0.717) is 23.3 Å². The first-order valence-electron chi connectivity index (χ1n) is 8.34. The Labute approximate surface area is 157 Å². The first-order chi connectivity index (χ1) is 12.7. The highest BCUT2D eigenvalue weighted by atomic mass is 32.1. The molecular weight excluding hydrogens is 348 g/mol. The number of amides is 1. The largest absolute Gasteiger partial charge is 0.352 e. The Morgan fingerprint density at radius 2 is 2.31 bits per heavy atom. The number of carbonyl (C=O) groups excluding carboxylic acids is 1. The van der Waals surface area contributed by atoms with Gasteiger partial charge in [-0.25, -0.2) is 15.0 Å². The predicted octanol–water partition coefficient (Wildman–Crippen LogP) is 3.50. The van der Waals surface area contributed by atoms with Crippen molar-refractivity contribution in [1.29, 1.82) is 0 Å². The molecule has 0 atom stereocenters. The lowest BCUT2D eigenvalue weighted by molar-refractivity contribution is 0.0954. The van der Waals surface area contributed by atoms with E-state index >= 15 is 0 Å². The number of nitrogens with one attached hydrogen (secondary N) is 2. The number of thiophene rings is 1. The summed E-state index contributed by atoms with van der Waals surface area (Å²) >= 11 is 1.60. The normalized spacial score (nSPS) is 11.1. The minimum Gasteiger partial charge on any atom is -0.352 e. The van der Waals surface area contributed by atoms with Crippen LogP contribution in [0.5, 0.6) is 0 Å². The first kappa shape index (κ1) is 16.5. The lowest BCUT2D eigenvalue weighted by Gasteiger charge is -2.06. The molecule has 0 saturated heterocycles. The van der Waals surface area contributed by atoms with Crippen LogP contribution in [0, 0.1) is 6.92 Å². The molecular formula is C18H22N6OS. The Morgan fingerprint density at radius 1 is 1.38 bits per heavy atom. The Hall–Kier alpha value is -3.00. The van der Waals surface area contributed by atoms with E-state index in [4.69, 9.17) is 0 Å². The molecule has 0 saturated carbocycles. The van der Waals surface area contributed by atoms with Gasteiger partial charge in [0.05, 0.1) is 23.1 Å². The number of fused-ring (bicyclic) bond motifs is 1. The molecule has 0 bridgehead atoms.